The molecule has 0 aliphatic carbocycles. The summed E-state index contributed by atoms with van der Waals surface area (Å²) in [7, 11) is 0. The fraction of sp³-hybridized carbons (Fsp3) is 0. The second kappa shape index (κ2) is 7.30. The number of carbonyl (C=O) groups excluding carboxylic acids is 1. The molecule has 0 aliphatic heterocycles. The first-order valence-electron chi connectivity index (χ1n) is 7.84. The van der Waals surface area contributed by atoms with Crippen molar-refractivity contribution < 1.29 is 13.6 Å². The molecular formula is C19H11ClFN3O2S. The van der Waals surface area contributed by atoms with Crippen LogP contribution in [0.2, 0.25) is 5.02 Å². The predicted octanol–water partition coefficient (Wildman–Crippen LogP) is 5.36. The van der Waals surface area contributed by atoms with Gasteiger partial charge in [-0.15, -0.1) is 0 Å². The quantitative estimate of drug-likeness (QED) is 0.342. The molecule has 1 amide bonds. The van der Waals surface area contributed by atoms with Gasteiger partial charge in [-0.25, -0.2) is 9.37 Å². The van der Waals surface area contributed by atoms with Crippen LogP contribution in [0.5, 0.6) is 0 Å². The zero-order chi connectivity index (χ0) is 18.8. The maximum absolute atomic E-state index is 13.5. The Morgan fingerprint density at radius 3 is 2.89 bits per heavy atom. The Kier molecular flexibility index (Phi) is 4.70. The Balaban J connectivity index is 1.77. The van der Waals surface area contributed by atoms with Crippen molar-refractivity contribution in [2.75, 3.05) is 5.01 Å². The standard InChI is InChI=1S/C19H11ClFN3O2S/c20-13-4-1-3-12(9-13)18(25)24(22-11-15-5-2-8-26-15)19-23-16-7-6-14(21)10-17(16)27-19/h1-11H/b22-11-. The summed E-state index contributed by atoms with van der Waals surface area (Å²) in [6, 6.07) is 14.2. The topological polar surface area (TPSA) is 58.7 Å². The van der Waals surface area contributed by atoms with Crippen molar-refractivity contribution in [2.45, 2.75) is 0 Å². The van der Waals surface area contributed by atoms with Crippen molar-refractivity contribution in [2.24, 2.45) is 5.10 Å². The lowest BCUT2D eigenvalue weighted by molar-refractivity contribution is 0.0988. The molecule has 2 aromatic carbocycles. The zero-order valence-electron chi connectivity index (χ0n) is 13.7. The minimum absolute atomic E-state index is 0.309. The summed E-state index contributed by atoms with van der Waals surface area (Å²) in [6.07, 6.45) is 2.92. The molecule has 0 aliphatic rings. The van der Waals surface area contributed by atoms with Gasteiger partial charge in [0.1, 0.15) is 11.6 Å². The highest BCUT2D eigenvalue weighted by Gasteiger charge is 2.21. The summed E-state index contributed by atoms with van der Waals surface area (Å²) in [5, 5.41) is 6.13. The third-order valence-corrected chi connectivity index (χ3v) is 4.86. The molecule has 134 valence electrons. The van der Waals surface area contributed by atoms with E-state index in [1.807, 2.05) is 0 Å². The number of hydrogen-bond donors (Lipinski definition) is 0. The number of fused-ring (bicyclic) bond motifs is 1. The number of hydrogen-bond acceptors (Lipinski definition) is 5. The molecule has 4 rings (SSSR count). The number of furan rings is 1. The third kappa shape index (κ3) is 3.74. The molecule has 27 heavy (non-hydrogen) atoms. The van der Waals surface area contributed by atoms with E-state index in [2.05, 4.69) is 10.1 Å². The first-order valence-corrected chi connectivity index (χ1v) is 9.03. The second-order valence-electron chi connectivity index (χ2n) is 5.50. The molecule has 0 spiro atoms. The molecule has 5 nitrogen and oxygen atoms in total. The fourth-order valence-corrected chi connectivity index (χ4v) is 3.53. The Morgan fingerprint density at radius 2 is 2.11 bits per heavy atom. The third-order valence-electron chi connectivity index (χ3n) is 3.63. The number of hydrazone groups is 1. The molecule has 0 radical (unpaired) electrons. The lowest BCUT2D eigenvalue weighted by atomic mass is 10.2. The molecule has 0 N–H and O–H groups in total. The lowest BCUT2D eigenvalue weighted by Crippen LogP contribution is -2.25. The Hall–Kier alpha value is -3.03. The van der Waals surface area contributed by atoms with E-state index in [0.717, 1.165) is 16.3 Å². The van der Waals surface area contributed by atoms with Crippen LogP contribution in [0.3, 0.4) is 0 Å². The van der Waals surface area contributed by atoms with E-state index in [0.29, 0.717) is 31.7 Å². The van der Waals surface area contributed by atoms with E-state index < -0.39 is 5.91 Å². The lowest BCUT2D eigenvalue weighted by Gasteiger charge is -2.13. The van der Waals surface area contributed by atoms with Gasteiger partial charge < -0.3 is 4.42 Å². The van der Waals surface area contributed by atoms with Crippen molar-refractivity contribution in [1.29, 1.82) is 0 Å². The van der Waals surface area contributed by atoms with Gasteiger partial charge in [-0.2, -0.15) is 10.1 Å². The predicted molar refractivity (Wildman–Crippen MR) is 104 cm³/mol. The van der Waals surface area contributed by atoms with E-state index in [4.69, 9.17) is 16.0 Å². The Bertz CT molecular complexity index is 1140. The van der Waals surface area contributed by atoms with Gasteiger partial charge in [-0.05, 0) is 48.5 Å². The van der Waals surface area contributed by atoms with E-state index in [1.54, 1.807) is 42.5 Å². The van der Waals surface area contributed by atoms with E-state index >= 15 is 0 Å². The van der Waals surface area contributed by atoms with Crippen molar-refractivity contribution in [1.82, 2.24) is 4.98 Å². The molecule has 0 saturated carbocycles. The number of nitrogens with zero attached hydrogens (tertiary/aromatic N) is 3. The van der Waals surface area contributed by atoms with E-state index in [1.165, 1.54) is 24.6 Å². The molecule has 0 saturated heterocycles. The number of rotatable bonds is 4. The summed E-state index contributed by atoms with van der Waals surface area (Å²) in [4.78, 5) is 17.4. The number of anilines is 1. The summed E-state index contributed by atoms with van der Waals surface area (Å²) in [5.41, 5.74) is 0.929. The smallest absolute Gasteiger partial charge is 0.280 e. The van der Waals surface area contributed by atoms with Crippen LogP contribution in [0, 0.1) is 5.82 Å². The molecule has 0 bridgehead atoms. The zero-order valence-corrected chi connectivity index (χ0v) is 15.2. The van der Waals surface area contributed by atoms with Crippen molar-refractivity contribution in [3.05, 3.63) is 83.0 Å². The molecule has 2 aromatic heterocycles. The first kappa shape index (κ1) is 17.4. The molecule has 4 aromatic rings. The average Bonchev–Trinajstić information content (AvgIpc) is 3.31. The highest BCUT2D eigenvalue weighted by atomic mass is 35.5. The van der Waals surface area contributed by atoms with Crippen LogP contribution < -0.4 is 5.01 Å². The highest BCUT2D eigenvalue weighted by Crippen LogP contribution is 2.30. The SMILES string of the molecule is O=C(c1cccc(Cl)c1)N(/N=C\c1ccco1)c1nc2ccc(F)cc2s1. The maximum Gasteiger partial charge on any atom is 0.280 e. The molecule has 0 unspecified atom stereocenters. The first-order chi connectivity index (χ1) is 13.1. The molecule has 8 heteroatoms. The number of halogens is 2. The van der Waals surface area contributed by atoms with Crippen LogP contribution in [-0.4, -0.2) is 17.1 Å². The molecule has 2 heterocycles. The highest BCUT2D eigenvalue weighted by molar-refractivity contribution is 7.22. The Morgan fingerprint density at radius 1 is 1.22 bits per heavy atom. The summed E-state index contributed by atoms with van der Waals surface area (Å²) in [5.74, 6) is -0.310. The Labute approximate surface area is 162 Å². The average molecular weight is 400 g/mol. The van der Waals surface area contributed by atoms with Gasteiger partial charge >= 0.3 is 0 Å². The van der Waals surface area contributed by atoms with Crippen LogP contribution in [0.25, 0.3) is 10.2 Å². The second-order valence-corrected chi connectivity index (χ2v) is 6.94. The van der Waals surface area contributed by atoms with Crippen LogP contribution in [0.1, 0.15) is 16.1 Å². The largest absolute Gasteiger partial charge is 0.463 e. The van der Waals surface area contributed by atoms with Gasteiger partial charge in [0, 0.05) is 10.6 Å². The van der Waals surface area contributed by atoms with E-state index in [-0.39, 0.29) is 5.82 Å². The van der Waals surface area contributed by atoms with Gasteiger partial charge in [0.2, 0.25) is 5.13 Å². The number of carbonyl (C=O) groups is 1. The van der Waals surface area contributed by atoms with Gasteiger partial charge in [-0.1, -0.05) is 29.0 Å². The van der Waals surface area contributed by atoms with Gasteiger partial charge in [0.15, 0.2) is 0 Å². The molecule has 0 fully saturated rings. The van der Waals surface area contributed by atoms with Gasteiger partial charge in [0.25, 0.3) is 5.91 Å². The normalized spacial score (nSPS) is 11.3. The van der Waals surface area contributed by atoms with Gasteiger partial charge in [0.05, 0.1) is 22.7 Å². The van der Waals surface area contributed by atoms with Crippen LogP contribution in [0.15, 0.2) is 70.4 Å². The van der Waals surface area contributed by atoms with Crippen molar-refractivity contribution in [3.8, 4) is 0 Å². The van der Waals surface area contributed by atoms with Crippen molar-refractivity contribution in [3.63, 3.8) is 0 Å². The minimum atomic E-state index is -0.417. The van der Waals surface area contributed by atoms with E-state index in [9.17, 15) is 9.18 Å². The summed E-state index contributed by atoms with van der Waals surface area (Å²) >= 11 is 7.16. The van der Waals surface area contributed by atoms with Crippen LogP contribution in [0.4, 0.5) is 9.52 Å². The summed E-state index contributed by atoms with van der Waals surface area (Å²) < 4.78 is 19.3. The number of thiazole rings is 1. The maximum atomic E-state index is 13.5. The number of benzene rings is 2. The van der Waals surface area contributed by atoms with Crippen molar-refractivity contribution >= 4 is 50.4 Å². The summed E-state index contributed by atoms with van der Waals surface area (Å²) in [6.45, 7) is 0. The van der Waals surface area contributed by atoms with Gasteiger partial charge in [-0.3, -0.25) is 4.79 Å². The van der Waals surface area contributed by atoms with Crippen LogP contribution >= 0.6 is 22.9 Å². The minimum Gasteiger partial charge on any atom is -0.463 e. The fourth-order valence-electron chi connectivity index (χ4n) is 2.39. The monoisotopic (exact) mass is 399 g/mol. The number of amides is 1. The number of aromatic nitrogens is 1. The molecular weight excluding hydrogens is 389 g/mol. The molecule has 0 atom stereocenters. The van der Waals surface area contributed by atoms with Crippen LogP contribution in [-0.2, 0) is 0 Å².